The Kier molecular flexibility index (Phi) is 11.0. The molecule has 0 bridgehead atoms. The van der Waals surface area contributed by atoms with E-state index in [9.17, 15) is 0 Å². The Morgan fingerprint density at radius 2 is 0.578 bits per heavy atom. The van der Waals surface area contributed by atoms with Crippen LogP contribution >= 0.6 is 0 Å². The number of para-hydroxylation sites is 6. The van der Waals surface area contributed by atoms with Crippen molar-refractivity contribution in [1.29, 1.82) is 0 Å². The summed E-state index contributed by atoms with van der Waals surface area (Å²) in [6, 6.07) is 134. The summed E-state index contributed by atoms with van der Waals surface area (Å²) < 4.78 is 9.70. The van der Waals surface area contributed by atoms with Gasteiger partial charge in [0.15, 0.2) is 11.6 Å². The third-order valence-corrected chi connectivity index (χ3v) is 25.7. The van der Waals surface area contributed by atoms with Crippen LogP contribution in [-0.2, 0) is 16.2 Å². The Bertz CT molecular complexity index is 7860. The van der Waals surface area contributed by atoms with E-state index < -0.39 is 16.2 Å². The third-order valence-electron chi connectivity index (χ3n) is 25.7. The fraction of sp³-hybridized carbons (Fsp3) is 0.0294. The number of hydrogen-bond acceptors (Lipinski definition) is 3. The number of hydrogen-bond donors (Lipinski definition) is 0. The molecule has 5 heterocycles. The molecule has 0 aliphatic heterocycles. The molecule has 4 aliphatic carbocycles. The maximum absolute atomic E-state index is 5.85. The van der Waals surface area contributed by atoms with E-state index in [1.807, 2.05) is 0 Å². The highest BCUT2D eigenvalue weighted by atomic mass is 15.2. The molecule has 109 heavy (non-hydrogen) atoms. The fourth-order valence-electron chi connectivity index (χ4n) is 22.0. The van der Waals surface area contributed by atoms with Gasteiger partial charge in [-0.25, -0.2) is 4.98 Å². The Morgan fingerprint density at radius 3 is 1.14 bits per heavy atom. The molecule has 3 spiro atoms. The maximum atomic E-state index is 5.85. The summed E-state index contributed by atoms with van der Waals surface area (Å²) in [6.45, 7) is 0. The summed E-state index contributed by atoms with van der Waals surface area (Å²) in [4.78, 5) is 17.1. The van der Waals surface area contributed by atoms with Gasteiger partial charge in [-0.15, -0.1) is 0 Å². The van der Waals surface area contributed by atoms with Crippen LogP contribution in [0.5, 0.6) is 0 Å². The number of benzene rings is 17. The van der Waals surface area contributed by atoms with Gasteiger partial charge in [0.1, 0.15) is 0 Å². The molecule has 0 radical (unpaired) electrons. The molecule has 0 saturated heterocycles. The van der Waals surface area contributed by atoms with E-state index in [1.165, 1.54) is 137 Å². The van der Waals surface area contributed by atoms with Crippen LogP contribution in [0.4, 0.5) is 0 Å². The summed E-state index contributed by atoms with van der Waals surface area (Å²) in [5.41, 5.74) is 26.0. The van der Waals surface area contributed by atoms with Crippen molar-refractivity contribution in [3.8, 4) is 68.0 Å². The average Bonchev–Trinajstić information content (AvgIpc) is 1.37. The Labute approximate surface area is 624 Å². The Balaban J connectivity index is 0.703. The molecule has 26 rings (SSSR count). The third kappa shape index (κ3) is 6.87. The molecule has 4 aliphatic rings. The lowest BCUT2D eigenvalue weighted by Crippen LogP contribution is -2.21. The molecule has 1 saturated carbocycles. The van der Waals surface area contributed by atoms with Gasteiger partial charge in [-0.2, -0.15) is 9.97 Å². The van der Waals surface area contributed by atoms with Gasteiger partial charge in [0.2, 0.25) is 5.95 Å². The molecule has 0 amide bonds. The molecule has 0 N–H and O–H groups in total. The van der Waals surface area contributed by atoms with E-state index in [1.54, 1.807) is 0 Å². The van der Waals surface area contributed by atoms with Crippen LogP contribution in [0.3, 0.4) is 0 Å². The van der Waals surface area contributed by atoms with E-state index in [4.69, 9.17) is 15.0 Å². The summed E-state index contributed by atoms with van der Waals surface area (Å²) >= 11 is 0. The average molecular weight is 1380 g/mol. The van der Waals surface area contributed by atoms with Crippen LogP contribution < -0.4 is 0 Å². The zero-order chi connectivity index (χ0) is 70.7. The lowest BCUT2D eigenvalue weighted by atomic mass is 9.76. The minimum Gasteiger partial charge on any atom is -0.309 e. The number of fused-ring (bicyclic) bond motifs is 13. The SMILES string of the molecule is c1ccc(-c2nc(-c3ccc4c5c(cccc35)C35c6cccc7c(-c8ccccc8)ccc(c67)C36c3ccc(-n7c8ccccc8c8cc(-c9ccc%10c(c9)c9ccccc9n%10-c9ccccc9)ccc87)c7cccc(c37)C456)nc(-n3c4ccccc4c4ccc5c6ccccc6n(-c6ccccc6)c5c43)n2)cc1. The first-order valence-corrected chi connectivity index (χ1v) is 37.8. The van der Waals surface area contributed by atoms with Gasteiger partial charge in [0.25, 0.3) is 0 Å². The first kappa shape index (κ1) is 58.1. The van der Waals surface area contributed by atoms with Crippen molar-refractivity contribution in [3.63, 3.8) is 0 Å². The second-order valence-electron chi connectivity index (χ2n) is 30.3. The lowest BCUT2D eigenvalue weighted by Gasteiger charge is -2.25. The molecular formula is C102H59N7. The summed E-state index contributed by atoms with van der Waals surface area (Å²) in [6.07, 6.45) is 0. The number of aromatic nitrogens is 7. The first-order chi connectivity index (χ1) is 54.1. The van der Waals surface area contributed by atoms with Crippen molar-refractivity contribution in [3.05, 3.63) is 391 Å². The molecular weight excluding hydrogens is 1320 g/mol. The number of nitrogens with zero attached hydrogens (tertiary/aromatic N) is 7. The highest BCUT2D eigenvalue weighted by molar-refractivity contribution is 6.25. The molecule has 502 valence electrons. The molecule has 3 unspecified atom stereocenters. The molecule has 7 nitrogen and oxygen atoms in total. The van der Waals surface area contributed by atoms with Crippen molar-refractivity contribution in [2.45, 2.75) is 16.2 Å². The van der Waals surface area contributed by atoms with Crippen LogP contribution in [0, 0.1) is 0 Å². The quantitative estimate of drug-likeness (QED) is 0.152. The largest absolute Gasteiger partial charge is 0.309 e. The van der Waals surface area contributed by atoms with Crippen molar-refractivity contribution >= 4 is 120 Å². The van der Waals surface area contributed by atoms with Crippen LogP contribution in [0.1, 0.15) is 33.4 Å². The van der Waals surface area contributed by atoms with Crippen LogP contribution in [0.15, 0.2) is 358 Å². The van der Waals surface area contributed by atoms with Gasteiger partial charge in [-0.1, -0.05) is 279 Å². The van der Waals surface area contributed by atoms with Crippen LogP contribution in [0.25, 0.3) is 188 Å². The summed E-state index contributed by atoms with van der Waals surface area (Å²) in [7, 11) is 0. The van der Waals surface area contributed by atoms with Crippen molar-refractivity contribution < 1.29 is 0 Å². The lowest BCUT2D eigenvalue weighted by molar-refractivity contribution is 0.735. The standard InChI is InChI=1S/C102H59N7/c1-5-24-60(25-6-1)66-50-52-82-92-71(66)36-21-39-79(92)100-80-40-22-37-72-75(98-103-97(61-26-7-2-8-27-61)104-99(105-98)109-88-45-20-14-33-68(88)74-49-48-73-67-32-13-18-43-86(67)107(95(73)96(74)109)65-30-11-4-12-31-65)51-53-83(93(72)80)101(100)81-41-23-38-76-89(57-54-84(94(76)81)102(82,100)101)108-87-44-19-16-35-70(87)78-59-63(47-56-91(78)108)62-46-55-90-77(58-62)69-34-15-17-42-85(69)106(90)64-28-9-3-10-29-64/h1-59H. The first-order valence-electron chi connectivity index (χ1n) is 37.8. The van der Waals surface area contributed by atoms with Gasteiger partial charge < -0.3 is 13.7 Å². The fourth-order valence-corrected chi connectivity index (χ4v) is 22.0. The topological polar surface area (TPSA) is 58.4 Å². The molecule has 22 aromatic rings. The Morgan fingerprint density at radius 1 is 0.202 bits per heavy atom. The van der Waals surface area contributed by atoms with E-state index in [2.05, 4.69) is 376 Å². The maximum Gasteiger partial charge on any atom is 0.238 e. The predicted octanol–water partition coefficient (Wildman–Crippen LogP) is 24.6. The van der Waals surface area contributed by atoms with E-state index in [-0.39, 0.29) is 0 Å². The second-order valence-corrected chi connectivity index (χ2v) is 30.3. The van der Waals surface area contributed by atoms with Crippen molar-refractivity contribution in [2.75, 3.05) is 0 Å². The van der Waals surface area contributed by atoms with E-state index >= 15 is 0 Å². The summed E-state index contributed by atoms with van der Waals surface area (Å²) in [5.74, 6) is 1.78. The zero-order valence-corrected chi connectivity index (χ0v) is 58.7. The number of rotatable bonds is 8. The highest BCUT2D eigenvalue weighted by Crippen LogP contribution is 2.95. The van der Waals surface area contributed by atoms with Gasteiger partial charge in [-0.05, 0) is 161 Å². The van der Waals surface area contributed by atoms with Crippen molar-refractivity contribution in [1.82, 2.24) is 33.2 Å². The highest BCUT2D eigenvalue weighted by Gasteiger charge is 2.96. The van der Waals surface area contributed by atoms with Gasteiger partial charge in [0.05, 0.1) is 66.1 Å². The minimum absolute atomic E-state index is 0.491. The molecule has 7 heteroatoms. The molecule has 17 aromatic carbocycles. The monoisotopic (exact) mass is 1380 g/mol. The smallest absolute Gasteiger partial charge is 0.238 e. The van der Waals surface area contributed by atoms with E-state index in [0.29, 0.717) is 17.6 Å². The van der Waals surface area contributed by atoms with Crippen molar-refractivity contribution in [2.24, 2.45) is 0 Å². The molecule has 1 fully saturated rings. The molecule has 3 atom stereocenters. The van der Waals surface area contributed by atoms with Gasteiger partial charge >= 0.3 is 0 Å². The predicted molar refractivity (Wildman–Crippen MR) is 447 cm³/mol. The minimum atomic E-state index is -0.522. The van der Waals surface area contributed by atoms with Crippen LogP contribution in [0.2, 0.25) is 0 Å². The zero-order valence-electron chi connectivity index (χ0n) is 58.7. The van der Waals surface area contributed by atoms with Gasteiger partial charge in [-0.3, -0.25) is 4.57 Å². The van der Waals surface area contributed by atoms with Gasteiger partial charge in [0, 0.05) is 71.0 Å². The normalized spacial score (nSPS) is 17.1. The van der Waals surface area contributed by atoms with E-state index in [0.717, 1.165) is 66.1 Å². The van der Waals surface area contributed by atoms with Crippen LogP contribution in [-0.4, -0.2) is 33.2 Å². The summed E-state index contributed by atoms with van der Waals surface area (Å²) in [5, 5.41) is 17.2. The molecule has 5 aromatic heterocycles. The Hall–Kier alpha value is -14.3. The second kappa shape index (κ2) is 20.6.